The van der Waals surface area contributed by atoms with Crippen LogP contribution in [0.3, 0.4) is 0 Å². The molecule has 8 aromatic heterocycles. The van der Waals surface area contributed by atoms with Gasteiger partial charge in [-0.1, -0.05) is 37.8 Å². The lowest BCUT2D eigenvalue weighted by Crippen LogP contribution is -2.21. The van der Waals surface area contributed by atoms with Crippen LogP contribution in [0.2, 0.25) is 0 Å². The summed E-state index contributed by atoms with van der Waals surface area (Å²) in [4.78, 5) is 87.7. The maximum absolute atomic E-state index is 12.3. The molecule has 14 rings (SSSR count). The number of rotatable bonds is 13. The molecule has 5 N–H and O–H groups in total. The Kier molecular flexibility index (Phi) is 20.7. The zero-order valence-corrected chi connectivity index (χ0v) is 55.1. The highest BCUT2D eigenvalue weighted by Crippen LogP contribution is 2.36. The molecule has 0 unspecified atom stereocenters. The predicted molar refractivity (Wildman–Crippen MR) is 358 cm³/mol. The maximum Gasteiger partial charge on any atom is 0.355 e. The Balaban J connectivity index is 0.000000128. The number of carbonyl (C=O) groups is 5. The molecular weight excluding hydrogens is 1190 g/mol. The van der Waals surface area contributed by atoms with E-state index in [9.17, 15) is 24.0 Å². The Bertz CT molecular complexity index is 4070. The van der Waals surface area contributed by atoms with Crippen LogP contribution in [0.5, 0.6) is 0 Å². The van der Waals surface area contributed by atoms with E-state index >= 15 is 0 Å². The number of amides is 1. The highest BCUT2D eigenvalue weighted by atomic mass is 16.6. The van der Waals surface area contributed by atoms with E-state index in [2.05, 4.69) is 35.9 Å². The summed E-state index contributed by atoms with van der Waals surface area (Å²) in [6.45, 7) is 17.8. The molecule has 23 heteroatoms. The van der Waals surface area contributed by atoms with Gasteiger partial charge in [-0.3, -0.25) is 4.79 Å². The predicted octanol–water partition coefficient (Wildman–Crippen LogP) is 12.1. The van der Waals surface area contributed by atoms with Gasteiger partial charge < -0.3 is 58.9 Å². The number of hydrogen-bond donors (Lipinski definition) is 4. The zero-order chi connectivity index (χ0) is 66.2. The van der Waals surface area contributed by atoms with Gasteiger partial charge in [0.2, 0.25) is 17.8 Å². The van der Waals surface area contributed by atoms with Crippen molar-refractivity contribution in [1.29, 1.82) is 0 Å². The molecule has 0 aromatic carbocycles. The van der Waals surface area contributed by atoms with Crippen LogP contribution >= 0.6 is 0 Å². The van der Waals surface area contributed by atoms with Crippen LogP contribution in [0.1, 0.15) is 184 Å². The van der Waals surface area contributed by atoms with Gasteiger partial charge in [-0.15, -0.1) is 0 Å². The van der Waals surface area contributed by atoms with E-state index in [1.165, 1.54) is 63.9 Å². The highest BCUT2D eigenvalue weighted by molar-refractivity contribution is 5.92. The Labute approximate surface area is 548 Å². The molecule has 2 saturated carbocycles. The summed E-state index contributed by atoms with van der Waals surface area (Å²) in [5, 5.41) is 9.61. The van der Waals surface area contributed by atoms with E-state index in [0.717, 1.165) is 127 Å². The maximum atomic E-state index is 12.3. The van der Waals surface area contributed by atoms with Crippen molar-refractivity contribution in [2.24, 2.45) is 0 Å². The smallest absolute Gasteiger partial charge is 0.355 e. The quantitative estimate of drug-likeness (QED) is 0.0616. The lowest BCUT2D eigenvalue weighted by atomic mass is 10.1. The van der Waals surface area contributed by atoms with Gasteiger partial charge in [0.15, 0.2) is 0 Å². The first-order valence-electron chi connectivity index (χ1n) is 33.3. The van der Waals surface area contributed by atoms with Gasteiger partial charge in [-0.2, -0.15) is 0 Å². The molecule has 0 radical (unpaired) electrons. The summed E-state index contributed by atoms with van der Waals surface area (Å²) in [6.07, 6.45) is 18.6. The second kappa shape index (κ2) is 29.5. The van der Waals surface area contributed by atoms with E-state index in [4.69, 9.17) is 34.6 Å². The van der Waals surface area contributed by atoms with Crippen molar-refractivity contribution in [2.75, 3.05) is 28.3 Å². The average Bonchev–Trinajstić information content (AvgIpc) is 1.58. The third kappa shape index (κ3) is 15.2. The van der Waals surface area contributed by atoms with Crippen molar-refractivity contribution in [3.05, 3.63) is 130 Å². The fourth-order valence-corrected chi connectivity index (χ4v) is 13.1. The van der Waals surface area contributed by atoms with Gasteiger partial charge in [0.1, 0.15) is 34.4 Å². The van der Waals surface area contributed by atoms with Gasteiger partial charge in [0.05, 0.1) is 70.5 Å². The molecule has 94 heavy (non-hydrogen) atoms. The van der Waals surface area contributed by atoms with Gasteiger partial charge in [0, 0.05) is 68.7 Å². The van der Waals surface area contributed by atoms with Crippen LogP contribution in [0.25, 0.3) is 45.6 Å². The number of esters is 4. The lowest BCUT2D eigenvalue weighted by molar-refractivity contribution is -0.114. The molecule has 0 bridgehead atoms. The molecule has 494 valence electrons. The van der Waals surface area contributed by atoms with Gasteiger partial charge in [-0.05, 0) is 184 Å². The molecule has 12 heterocycles. The Morgan fingerprint density at radius 3 is 1.26 bits per heavy atom. The normalized spacial score (nSPS) is 15.0. The number of hydrogen-bond acceptors (Lipinski definition) is 18. The fourth-order valence-electron chi connectivity index (χ4n) is 13.1. The van der Waals surface area contributed by atoms with Gasteiger partial charge in [-0.25, -0.2) is 49.1 Å². The van der Waals surface area contributed by atoms with Crippen LogP contribution in [0.15, 0.2) is 85.2 Å². The summed E-state index contributed by atoms with van der Waals surface area (Å²) >= 11 is 0. The number of anilines is 4. The van der Waals surface area contributed by atoms with E-state index in [0.29, 0.717) is 65.0 Å². The van der Waals surface area contributed by atoms with E-state index in [-0.39, 0.29) is 48.1 Å². The Morgan fingerprint density at radius 1 is 0.468 bits per heavy atom. The molecule has 2 fully saturated rings. The summed E-state index contributed by atoms with van der Waals surface area (Å²) < 4.78 is 29.1. The highest BCUT2D eigenvalue weighted by Gasteiger charge is 2.29. The monoisotopic (exact) mass is 1280 g/mol. The average molecular weight is 1280 g/mol. The minimum Gasteiger partial charge on any atom is -0.461 e. The molecule has 0 saturated heterocycles. The van der Waals surface area contributed by atoms with Crippen LogP contribution < -0.4 is 21.7 Å². The lowest BCUT2D eigenvalue weighted by Gasteiger charge is -2.21. The second-order valence-electron chi connectivity index (χ2n) is 25.3. The summed E-state index contributed by atoms with van der Waals surface area (Å²) in [5.74, 6) is 1.07. The van der Waals surface area contributed by atoms with Crippen LogP contribution in [0.4, 0.5) is 23.5 Å². The molecule has 6 aliphatic rings. The third-order valence-electron chi connectivity index (χ3n) is 17.3. The largest absolute Gasteiger partial charge is 0.461 e. The summed E-state index contributed by atoms with van der Waals surface area (Å²) in [6, 6.07) is 23.6. The SMILES string of the molecule is CC(=O)Nc1ccc2c(n1)-c1ccc(C(=O)OC(C)C)n1CCC2.CC(C)OC(=O)c1ccc2n1CCCc1ccc(N)nc1-2.CC(C)OC(=O)c1ccc2n1CCc1cnc(NC3CCCC3)nc1-2.CCOC(=O)c1ccc2n1CCc1cnc(NC3CCCC3)nc1-2. The standard InChI is InChI=1S/C19H24N4O2.C18H22N4O2.C18H21N3O3.C16H19N3O2/c1-12(2)25-18(24)16-8-7-15-17-13(9-10-23(15)16)11-20-19(22-17)21-14-5-3-4-6-14;1-2-24-17(23)15-8-7-14-16-12(9-10-22(14)15)11-19-18(21-16)20-13-5-3-4-6-13;1-11(2)24-18(23)15-8-7-14-17-13(5-4-10-21(14)15)6-9-16(20-17)19-12(3)22;1-10(2)21-16(20)13-7-6-12-15-11(4-3-9-19(12)13)5-8-14(17)18-15/h7-8,11-12,14H,3-6,9-10H2,1-2H3,(H,20,21,22);7-8,11,13H,2-6,9-10H2,1H3,(H,19,20,21);6-9,11H,4-5,10H2,1-3H3,(H,19,20,22);5-8,10H,3-4,9H2,1-2H3,(H2,17,18). The molecule has 0 spiro atoms. The van der Waals surface area contributed by atoms with Crippen LogP contribution in [-0.2, 0) is 75.6 Å². The van der Waals surface area contributed by atoms with E-state index in [1.54, 1.807) is 12.1 Å². The van der Waals surface area contributed by atoms with Crippen molar-refractivity contribution < 1.29 is 42.9 Å². The number of aryl methyl sites for hydroxylation is 4. The molecule has 2 aliphatic carbocycles. The van der Waals surface area contributed by atoms with Gasteiger partial charge >= 0.3 is 23.9 Å². The van der Waals surface area contributed by atoms with Crippen molar-refractivity contribution in [3.63, 3.8) is 0 Å². The number of carbonyl (C=O) groups excluding carboxylic acids is 5. The van der Waals surface area contributed by atoms with Crippen LogP contribution in [0, 0.1) is 0 Å². The first-order valence-corrected chi connectivity index (χ1v) is 33.3. The molecular formula is C71H86N14O9. The summed E-state index contributed by atoms with van der Waals surface area (Å²) in [5.41, 5.74) is 19.9. The van der Waals surface area contributed by atoms with Crippen molar-refractivity contribution >= 4 is 53.3 Å². The number of nitrogens with one attached hydrogen (secondary N) is 3. The molecule has 1 amide bonds. The number of nitrogens with two attached hydrogens (primary N) is 1. The summed E-state index contributed by atoms with van der Waals surface area (Å²) in [7, 11) is 0. The minimum absolute atomic E-state index is 0.126. The number of aromatic nitrogens is 10. The topological polar surface area (TPSA) is 281 Å². The molecule has 0 atom stereocenters. The van der Waals surface area contributed by atoms with E-state index < -0.39 is 0 Å². The number of nitrogens with zero attached hydrogens (tertiary/aromatic N) is 10. The number of pyridine rings is 2. The molecule has 8 aromatic rings. The van der Waals surface area contributed by atoms with Crippen molar-refractivity contribution in [1.82, 2.24) is 48.2 Å². The van der Waals surface area contributed by atoms with Crippen LogP contribution in [-0.4, -0.2) is 115 Å². The third-order valence-corrected chi connectivity index (χ3v) is 17.3. The second-order valence-corrected chi connectivity index (χ2v) is 25.3. The minimum atomic E-state index is -0.322. The molecule has 23 nitrogen and oxygen atoms in total. The zero-order valence-electron chi connectivity index (χ0n) is 55.1. The number of ether oxygens (including phenoxy) is 4. The fraction of sp³-hybridized carbons (Fsp3) is 0.451. The van der Waals surface area contributed by atoms with E-state index in [1.807, 2.05) is 140 Å². The van der Waals surface area contributed by atoms with Crippen molar-refractivity contribution in [2.45, 2.75) is 202 Å². The number of fused-ring (bicyclic) bond motifs is 12. The first kappa shape index (κ1) is 65.8. The van der Waals surface area contributed by atoms with Crippen molar-refractivity contribution in [3.8, 4) is 45.6 Å². The Morgan fingerprint density at radius 2 is 0.851 bits per heavy atom. The van der Waals surface area contributed by atoms with Gasteiger partial charge in [0.25, 0.3) is 0 Å². The molecule has 4 aliphatic heterocycles. The number of nitrogen functional groups attached to an aromatic ring is 1. The first-order chi connectivity index (χ1) is 45.4. The Hall–Kier alpha value is -9.67.